The topological polar surface area (TPSA) is 141 Å². The lowest BCUT2D eigenvalue weighted by Crippen LogP contribution is -2.53. The molecule has 2 aromatic carbocycles. The number of unbranched alkanes of at least 4 members (excludes halogenated alkanes) is 1. The highest BCUT2D eigenvalue weighted by atomic mass is 16.5. The zero-order chi connectivity index (χ0) is 24.9. The standard InChI is InChI=1S/C25H32N6O4/c1-2-3-13-27-30-24(33)25(16-20-7-4-5-8-21(20)17-28-31-26)18-35-23(29-25)19-9-11-22(12-10-19)34-15-6-14-32/h4-5,7-12,27,32H,2-3,6,13-18H2,1H3,(H,30,33)/t25-/m0/s1. The van der Waals surface area contributed by atoms with Crippen molar-refractivity contribution < 1.29 is 19.4 Å². The molecule has 1 aliphatic rings. The molecule has 10 nitrogen and oxygen atoms in total. The van der Waals surface area contributed by atoms with E-state index in [1.807, 2.05) is 36.4 Å². The minimum atomic E-state index is -1.18. The fourth-order valence-electron chi connectivity index (χ4n) is 3.66. The first-order valence-corrected chi connectivity index (χ1v) is 11.8. The van der Waals surface area contributed by atoms with Gasteiger partial charge in [-0.05, 0) is 47.3 Å². The van der Waals surface area contributed by atoms with Gasteiger partial charge in [0, 0.05) is 36.5 Å². The SMILES string of the molecule is CCCCNNC(=O)[C@]1(Cc2ccccc2CN=[N+]=[N-])COC(c2ccc(OCCCO)cc2)=N1. The fraction of sp³-hybridized carbons (Fsp3) is 0.440. The summed E-state index contributed by atoms with van der Waals surface area (Å²) in [4.78, 5) is 21.0. The van der Waals surface area contributed by atoms with E-state index in [2.05, 4.69) is 27.8 Å². The smallest absolute Gasteiger partial charge is 0.266 e. The molecule has 3 rings (SSSR count). The van der Waals surface area contributed by atoms with E-state index in [1.165, 1.54) is 0 Å². The Labute approximate surface area is 205 Å². The molecule has 0 aromatic heterocycles. The van der Waals surface area contributed by atoms with E-state index >= 15 is 0 Å². The molecule has 0 aliphatic carbocycles. The number of hydrogen-bond donors (Lipinski definition) is 3. The molecular formula is C25H32N6O4. The molecule has 10 heteroatoms. The first-order valence-electron chi connectivity index (χ1n) is 11.8. The van der Waals surface area contributed by atoms with Crippen LogP contribution >= 0.6 is 0 Å². The van der Waals surface area contributed by atoms with Crippen LogP contribution in [0.4, 0.5) is 0 Å². The van der Waals surface area contributed by atoms with Gasteiger partial charge in [0.2, 0.25) is 5.90 Å². The summed E-state index contributed by atoms with van der Waals surface area (Å²) < 4.78 is 11.5. The maximum absolute atomic E-state index is 13.4. The minimum absolute atomic E-state index is 0.0756. The molecule has 0 radical (unpaired) electrons. The lowest BCUT2D eigenvalue weighted by Gasteiger charge is -2.24. The Hall–Kier alpha value is -3.59. The van der Waals surface area contributed by atoms with Gasteiger partial charge in [0.25, 0.3) is 5.91 Å². The number of carbonyl (C=O) groups excluding carboxylic acids is 1. The summed E-state index contributed by atoms with van der Waals surface area (Å²) in [5.41, 5.74) is 15.8. The minimum Gasteiger partial charge on any atom is -0.494 e. The number of amides is 1. The number of ether oxygens (including phenoxy) is 2. The molecule has 0 bridgehead atoms. The van der Waals surface area contributed by atoms with Crippen LogP contribution < -0.4 is 15.6 Å². The first kappa shape index (κ1) is 26.0. The van der Waals surface area contributed by atoms with Crippen molar-refractivity contribution in [1.29, 1.82) is 0 Å². The highest BCUT2D eigenvalue weighted by Gasteiger charge is 2.45. The monoisotopic (exact) mass is 480 g/mol. The Morgan fingerprint density at radius 2 is 2.00 bits per heavy atom. The van der Waals surface area contributed by atoms with Gasteiger partial charge < -0.3 is 14.6 Å². The van der Waals surface area contributed by atoms with E-state index < -0.39 is 5.54 Å². The molecule has 3 N–H and O–H groups in total. The second kappa shape index (κ2) is 13.3. The summed E-state index contributed by atoms with van der Waals surface area (Å²) in [6.07, 6.45) is 2.78. The molecule has 0 spiro atoms. The Bertz CT molecular complexity index is 1050. The van der Waals surface area contributed by atoms with Crippen LogP contribution in [-0.2, 0) is 22.5 Å². The molecule has 0 saturated heterocycles. The molecule has 1 amide bonds. The van der Waals surface area contributed by atoms with E-state index in [4.69, 9.17) is 25.1 Å². The van der Waals surface area contributed by atoms with E-state index in [0.29, 0.717) is 31.2 Å². The molecule has 0 fully saturated rings. The second-order valence-electron chi connectivity index (χ2n) is 8.26. The van der Waals surface area contributed by atoms with E-state index in [1.54, 1.807) is 12.1 Å². The van der Waals surface area contributed by atoms with Crippen LogP contribution in [0.5, 0.6) is 5.75 Å². The zero-order valence-electron chi connectivity index (χ0n) is 19.9. The van der Waals surface area contributed by atoms with Crippen LogP contribution in [0.15, 0.2) is 58.6 Å². The van der Waals surface area contributed by atoms with E-state index in [9.17, 15) is 4.79 Å². The maximum Gasteiger partial charge on any atom is 0.266 e. The van der Waals surface area contributed by atoms with Crippen LogP contribution in [0, 0.1) is 0 Å². The van der Waals surface area contributed by atoms with Crippen molar-refractivity contribution in [1.82, 2.24) is 10.9 Å². The van der Waals surface area contributed by atoms with Gasteiger partial charge >= 0.3 is 0 Å². The van der Waals surface area contributed by atoms with Crippen LogP contribution in [0.3, 0.4) is 0 Å². The molecule has 186 valence electrons. The van der Waals surface area contributed by atoms with E-state index in [0.717, 1.165) is 29.5 Å². The summed E-state index contributed by atoms with van der Waals surface area (Å²) in [7, 11) is 0. The van der Waals surface area contributed by atoms with Gasteiger partial charge in [0.05, 0.1) is 13.2 Å². The molecule has 0 saturated carbocycles. The number of hydrazine groups is 1. The van der Waals surface area contributed by atoms with Gasteiger partial charge in [0.15, 0.2) is 5.54 Å². The third-order valence-electron chi connectivity index (χ3n) is 5.62. The molecule has 1 heterocycles. The van der Waals surface area contributed by atoms with Crippen molar-refractivity contribution in [3.63, 3.8) is 0 Å². The number of azide groups is 1. The van der Waals surface area contributed by atoms with Crippen molar-refractivity contribution in [2.75, 3.05) is 26.4 Å². The van der Waals surface area contributed by atoms with Crippen molar-refractivity contribution >= 4 is 11.8 Å². The zero-order valence-corrected chi connectivity index (χ0v) is 19.9. The average Bonchev–Trinajstić information content (AvgIpc) is 3.32. The Balaban J connectivity index is 1.85. The number of benzene rings is 2. The summed E-state index contributed by atoms with van der Waals surface area (Å²) in [6, 6.07) is 14.8. The number of nitrogens with zero attached hydrogens (tertiary/aromatic N) is 4. The maximum atomic E-state index is 13.4. The lowest BCUT2D eigenvalue weighted by atomic mass is 9.89. The molecule has 0 unspecified atom stereocenters. The molecule has 1 atom stereocenters. The second-order valence-corrected chi connectivity index (χ2v) is 8.26. The van der Waals surface area contributed by atoms with Crippen molar-refractivity contribution in [3.8, 4) is 5.75 Å². The molecule has 2 aromatic rings. The predicted molar refractivity (Wildman–Crippen MR) is 133 cm³/mol. The predicted octanol–water partition coefficient (Wildman–Crippen LogP) is 3.44. The van der Waals surface area contributed by atoms with Gasteiger partial charge in [-0.1, -0.05) is 42.7 Å². The van der Waals surface area contributed by atoms with Gasteiger partial charge in [-0.25, -0.2) is 10.4 Å². The van der Waals surface area contributed by atoms with Crippen molar-refractivity contribution in [2.45, 2.75) is 44.7 Å². The Kier molecular flexibility index (Phi) is 9.92. The summed E-state index contributed by atoms with van der Waals surface area (Å²) >= 11 is 0. The Morgan fingerprint density at radius 3 is 2.71 bits per heavy atom. The van der Waals surface area contributed by atoms with Gasteiger partial charge in [-0.15, -0.1) is 0 Å². The quantitative estimate of drug-likeness (QED) is 0.125. The fourth-order valence-corrected chi connectivity index (χ4v) is 3.66. The van der Waals surface area contributed by atoms with Crippen molar-refractivity contribution in [2.24, 2.45) is 10.1 Å². The number of aliphatic hydroxyl groups excluding tert-OH is 1. The summed E-state index contributed by atoms with van der Waals surface area (Å²) in [6.45, 7) is 3.50. The highest BCUT2D eigenvalue weighted by Crippen LogP contribution is 2.29. The summed E-state index contributed by atoms with van der Waals surface area (Å²) in [5, 5.41) is 12.6. The molecule has 35 heavy (non-hydrogen) atoms. The number of aliphatic imine (C=N–C) groups is 1. The van der Waals surface area contributed by atoms with Gasteiger partial charge in [-0.3, -0.25) is 10.2 Å². The van der Waals surface area contributed by atoms with Crippen LogP contribution in [0.25, 0.3) is 10.4 Å². The third kappa shape index (κ3) is 7.19. The van der Waals surface area contributed by atoms with Gasteiger partial charge in [-0.2, -0.15) is 0 Å². The van der Waals surface area contributed by atoms with Crippen LogP contribution in [-0.4, -0.2) is 48.8 Å². The number of aliphatic hydroxyl groups is 1. The average molecular weight is 481 g/mol. The summed E-state index contributed by atoms with van der Waals surface area (Å²) in [5.74, 6) is 0.770. The largest absolute Gasteiger partial charge is 0.494 e. The van der Waals surface area contributed by atoms with Gasteiger partial charge in [0.1, 0.15) is 12.4 Å². The first-order chi connectivity index (χ1) is 17.1. The number of rotatable bonds is 14. The van der Waals surface area contributed by atoms with Crippen molar-refractivity contribution in [3.05, 3.63) is 75.7 Å². The van der Waals surface area contributed by atoms with Crippen LogP contribution in [0.1, 0.15) is 42.9 Å². The Morgan fingerprint density at radius 1 is 1.23 bits per heavy atom. The highest BCUT2D eigenvalue weighted by molar-refractivity contribution is 6.00. The number of carbonyl (C=O) groups is 1. The normalized spacial score (nSPS) is 16.7. The van der Waals surface area contributed by atoms with Crippen LogP contribution in [0.2, 0.25) is 0 Å². The molecule has 1 aliphatic heterocycles. The number of nitrogens with one attached hydrogen (secondary N) is 2. The van der Waals surface area contributed by atoms with E-state index in [-0.39, 0.29) is 32.1 Å². The lowest BCUT2D eigenvalue weighted by molar-refractivity contribution is -0.127. The third-order valence-corrected chi connectivity index (χ3v) is 5.62. The number of hydrogen-bond acceptors (Lipinski definition) is 7. The molecular weight excluding hydrogens is 448 g/mol.